The average Bonchev–Trinajstić information content (AvgIpc) is 3.83. The van der Waals surface area contributed by atoms with E-state index in [4.69, 9.17) is 9.47 Å². The molecule has 0 amide bonds. The zero-order valence-corrected chi connectivity index (χ0v) is 35.2. The zero-order chi connectivity index (χ0) is 38.5. The van der Waals surface area contributed by atoms with Gasteiger partial charge in [0, 0.05) is 70.8 Å². The van der Waals surface area contributed by atoms with Crippen LogP contribution < -0.4 is 11.0 Å². The molecular weight excluding hydrogens is 715 g/mol. The number of carboxylic acids is 1. The Labute approximate surface area is 320 Å². The number of imidazole rings is 1. The summed E-state index contributed by atoms with van der Waals surface area (Å²) >= 11 is 0. The molecule has 0 aromatic carbocycles. The fourth-order valence-electron chi connectivity index (χ4n) is 7.64. The number of aromatic nitrogens is 6. The smallest absolute Gasteiger partial charge is 0.339 e. The van der Waals surface area contributed by atoms with Crippen LogP contribution in [-0.4, -0.2) is 75.1 Å². The number of hydrogen-bond donors (Lipinski definition) is 3. The number of pyridine rings is 2. The van der Waals surface area contributed by atoms with Gasteiger partial charge in [-0.1, -0.05) is 77.8 Å². The quantitative estimate of drug-likeness (QED) is 0.0749. The Morgan fingerprint density at radius 2 is 1.35 bits per heavy atom. The number of ether oxygens (including phenoxy) is 2. The van der Waals surface area contributed by atoms with Crippen molar-refractivity contribution in [2.45, 2.75) is 141 Å². The van der Waals surface area contributed by atoms with Crippen molar-refractivity contribution < 1.29 is 19.4 Å². The molecule has 7 rings (SSSR count). The molecule has 2 aliphatic rings. The van der Waals surface area contributed by atoms with Crippen molar-refractivity contribution in [2.75, 3.05) is 18.5 Å². The van der Waals surface area contributed by atoms with E-state index < -0.39 is 22.1 Å². The lowest BCUT2D eigenvalue weighted by molar-refractivity contribution is 0.0697. The molecule has 14 heteroatoms. The van der Waals surface area contributed by atoms with Crippen LogP contribution in [0, 0.1) is 0 Å². The third kappa shape index (κ3) is 9.92. The van der Waals surface area contributed by atoms with E-state index in [0.717, 1.165) is 84.1 Å². The molecule has 0 atom stereocenters. The van der Waals surface area contributed by atoms with Gasteiger partial charge in [-0.05, 0) is 49.9 Å². The summed E-state index contributed by atoms with van der Waals surface area (Å²) in [6, 6.07) is 6.92. The van der Waals surface area contributed by atoms with Crippen molar-refractivity contribution in [1.29, 1.82) is 0 Å². The lowest BCUT2D eigenvalue weighted by Crippen LogP contribution is -2.24. The second-order valence-electron chi connectivity index (χ2n) is 17.7. The number of aromatic amines is 1. The van der Waals surface area contributed by atoms with E-state index in [0.29, 0.717) is 31.2 Å². The van der Waals surface area contributed by atoms with E-state index in [1.54, 1.807) is 6.20 Å². The highest BCUT2D eigenvalue weighted by atomic mass is 28.3. The molecule has 0 spiro atoms. The largest absolute Gasteiger partial charge is 0.478 e. The third-order valence-electron chi connectivity index (χ3n) is 10.8. The minimum absolute atomic E-state index is 0.00895. The molecule has 2 fully saturated rings. The van der Waals surface area contributed by atoms with Crippen molar-refractivity contribution in [3.05, 3.63) is 53.0 Å². The first-order valence-electron chi connectivity index (χ1n) is 20.0. The van der Waals surface area contributed by atoms with Gasteiger partial charge in [0.2, 0.25) is 0 Å². The van der Waals surface area contributed by atoms with Crippen LogP contribution in [0.25, 0.3) is 33.1 Å². The van der Waals surface area contributed by atoms with E-state index in [-0.39, 0.29) is 11.3 Å². The first kappa shape index (κ1) is 40.0. The number of H-pyrrole nitrogens is 1. The van der Waals surface area contributed by atoms with Crippen LogP contribution in [0.2, 0.25) is 51.4 Å². The van der Waals surface area contributed by atoms with Crippen LogP contribution in [0.5, 0.6) is 0 Å². The van der Waals surface area contributed by atoms with Gasteiger partial charge in [0.1, 0.15) is 30.3 Å². The molecule has 5 aromatic heterocycles. The molecule has 54 heavy (non-hydrogen) atoms. The Morgan fingerprint density at radius 3 is 1.93 bits per heavy atom. The van der Waals surface area contributed by atoms with Crippen molar-refractivity contribution in [3.63, 3.8) is 0 Å². The summed E-state index contributed by atoms with van der Waals surface area (Å²) in [4.78, 5) is 36.4. The summed E-state index contributed by atoms with van der Waals surface area (Å²) in [5.74, 6) is -0.943. The molecule has 0 saturated heterocycles. The number of nitrogens with zero attached hydrogens (tertiary/aromatic N) is 5. The van der Waals surface area contributed by atoms with Crippen LogP contribution >= 0.6 is 0 Å². The fourth-order valence-corrected chi connectivity index (χ4v) is 9.15. The van der Waals surface area contributed by atoms with Gasteiger partial charge in [-0.15, -0.1) is 0 Å². The van der Waals surface area contributed by atoms with Crippen molar-refractivity contribution in [3.8, 4) is 0 Å². The molecule has 3 N–H and O–H groups in total. The molecule has 5 aromatic rings. The molecule has 0 aliphatic heterocycles. The minimum atomic E-state index is -1.11. The fraction of sp³-hybridized carbons (Fsp3) is 0.600. The van der Waals surface area contributed by atoms with Gasteiger partial charge < -0.3 is 34.0 Å². The van der Waals surface area contributed by atoms with Gasteiger partial charge in [-0.2, -0.15) is 0 Å². The number of aromatic carboxylic acids is 1. The second kappa shape index (κ2) is 17.4. The van der Waals surface area contributed by atoms with E-state index in [9.17, 15) is 14.7 Å². The van der Waals surface area contributed by atoms with Crippen LogP contribution in [0.4, 0.5) is 5.69 Å². The zero-order valence-electron chi connectivity index (χ0n) is 33.2. The molecular formula is C40H61N7O5Si2. The van der Waals surface area contributed by atoms with Crippen molar-refractivity contribution >= 4 is 60.9 Å². The van der Waals surface area contributed by atoms with Crippen LogP contribution in [0.15, 0.2) is 41.7 Å². The summed E-state index contributed by atoms with van der Waals surface area (Å²) in [6.07, 6.45) is 18.9. The van der Waals surface area contributed by atoms with Gasteiger partial charge >= 0.3 is 11.7 Å². The van der Waals surface area contributed by atoms with Gasteiger partial charge in [0.25, 0.3) is 0 Å². The average molecular weight is 776 g/mol. The number of nitrogens with one attached hydrogen (secondary N) is 2. The Morgan fingerprint density at radius 1 is 0.815 bits per heavy atom. The van der Waals surface area contributed by atoms with Gasteiger partial charge in [-0.3, -0.25) is 4.57 Å². The molecule has 0 unspecified atom stereocenters. The minimum Gasteiger partial charge on any atom is -0.478 e. The highest BCUT2D eigenvalue weighted by Gasteiger charge is 2.24. The SMILES string of the molecule is C[Si](C)(C)CCOCn1ccc2c(NC3CCCCC3)c(C(=O)O)cnc21.C[Si](C)(C)CCOCn1ccc2c1ncc1[nH]c(=O)n(C3CCCCC3)c12. The topological polar surface area (TPSA) is 141 Å². The summed E-state index contributed by atoms with van der Waals surface area (Å²) in [5, 5.41) is 15.0. The third-order valence-corrected chi connectivity index (χ3v) is 14.2. The normalized spacial score (nSPS) is 16.3. The number of carboxylic acid groups (broad SMARTS) is 1. The summed E-state index contributed by atoms with van der Waals surface area (Å²) in [7, 11) is -2.20. The molecule has 294 valence electrons. The maximum absolute atomic E-state index is 12.6. The Bertz CT molecular complexity index is 2080. The Balaban J connectivity index is 0.000000184. The molecule has 12 nitrogen and oxygen atoms in total. The molecule has 2 aliphatic carbocycles. The van der Waals surface area contributed by atoms with Gasteiger partial charge in [-0.25, -0.2) is 19.6 Å². The summed E-state index contributed by atoms with van der Waals surface area (Å²) in [6.45, 7) is 16.5. The second-order valence-corrected chi connectivity index (χ2v) is 28.9. The lowest BCUT2D eigenvalue weighted by atomic mass is 9.95. The molecule has 2 saturated carbocycles. The Hall–Kier alpha value is -3.73. The maximum Gasteiger partial charge on any atom is 0.339 e. The summed E-state index contributed by atoms with van der Waals surface area (Å²) in [5.41, 5.74) is 4.41. The number of hydrogen-bond acceptors (Lipinski definition) is 7. The first-order valence-corrected chi connectivity index (χ1v) is 27.4. The highest BCUT2D eigenvalue weighted by molar-refractivity contribution is 6.76. The van der Waals surface area contributed by atoms with E-state index >= 15 is 0 Å². The maximum atomic E-state index is 12.6. The Kier molecular flexibility index (Phi) is 12.9. The molecule has 5 heterocycles. The number of fused-ring (bicyclic) bond motifs is 4. The standard InChI is InChI=1S/C20H30N4O2Si.C20H31N3O3Si/c1-27(2,3)12-11-26-14-23-10-9-16-18-17(13-21-19(16)23)22-20(25)24(18)15-7-5-4-6-8-15;1-27(2,3)12-11-26-14-23-10-9-16-18(22-15-7-5-4-6-8-15)17(20(24)25)13-21-19(16)23/h9-10,13,15H,4-8,11-12,14H2,1-3H3,(H,22,25);9-10,13,15H,4-8,11-12,14H2,1-3H3,(H,21,22)(H,24,25). The molecule has 0 radical (unpaired) electrons. The number of carbonyl (C=O) groups is 1. The predicted octanol–water partition coefficient (Wildman–Crippen LogP) is 9.29. The van der Waals surface area contributed by atoms with E-state index in [2.05, 4.69) is 65.6 Å². The van der Waals surface area contributed by atoms with Crippen LogP contribution in [0.3, 0.4) is 0 Å². The van der Waals surface area contributed by atoms with Gasteiger partial charge in [0.15, 0.2) is 0 Å². The number of anilines is 1. The summed E-state index contributed by atoms with van der Waals surface area (Å²) < 4.78 is 17.7. The first-order chi connectivity index (χ1) is 25.8. The highest BCUT2D eigenvalue weighted by Crippen LogP contribution is 2.33. The van der Waals surface area contributed by atoms with Crippen LogP contribution in [0.1, 0.15) is 80.6 Å². The van der Waals surface area contributed by atoms with Crippen LogP contribution in [-0.2, 0) is 22.9 Å². The number of rotatable bonds is 14. The molecule has 0 bridgehead atoms. The van der Waals surface area contributed by atoms with E-state index in [1.165, 1.54) is 44.7 Å². The lowest BCUT2D eigenvalue weighted by Gasteiger charge is -2.25. The monoisotopic (exact) mass is 775 g/mol. The predicted molar refractivity (Wildman–Crippen MR) is 223 cm³/mol. The van der Waals surface area contributed by atoms with Crippen molar-refractivity contribution in [1.82, 2.24) is 28.7 Å². The van der Waals surface area contributed by atoms with E-state index in [1.807, 2.05) is 32.2 Å². The van der Waals surface area contributed by atoms with Gasteiger partial charge in [0.05, 0.1) is 22.9 Å². The van der Waals surface area contributed by atoms with Crippen molar-refractivity contribution in [2.24, 2.45) is 0 Å².